The summed E-state index contributed by atoms with van der Waals surface area (Å²) in [4.78, 5) is 24.7. The van der Waals surface area contributed by atoms with E-state index in [1.165, 1.54) is 11.8 Å². The van der Waals surface area contributed by atoms with E-state index in [1.54, 1.807) is 25.3 Å². The van der Waals surface area contributed by atoms with E-state index < -0.39 is 11.9 Å². The molecule has 1 amide bonds. The Balaban J connectivity index is 1.41. The summed E-state index contributed by atoms with van der Waals surface area (Å²) in [6.45, 7) is 0.619. The number of esters is 1. The number of carbonyl (C=O) groups is 2. The lowest BCUT2D eigenvalue weighted by Crippen LogP contribution is -2.22. The molecule has 0 aromatic heterocycles. The highest BCUT2D eigenvalue weighted by Gasteiger charge is 2.13. The predicted octanol–water partition coefficient (Wildman–Crippen LogP) is 2.74. The molecule has 0 saturated heterocycles. The van der Waals surface area contributed by atoms with Crippen LogP contribution in [0.15, 0.2) is 47.4 Å². The van der Waals surface area contributed by atoms with Crippen LogP contribution < -0.4 is 19.5 Å². The van der Waals surface area contributed by atoms with Crippen molar-refractivity contribution in [3.63, 3.8) is 0 Å². The summed E-state index contributed by atoms with van der Waals surface area (Å²) >= 11 is 1.33. The van der Waals surface area contributed by atoms with Gasteiger partial charge in [0, 0.05) is 16.6 Å². The zero-order valence-electron chi connectivity index (χ0n) is 14.7. The normalized spacial score (nSPS) is 12.2. The van der Waals surface area contributed by atoms with E-state index in [9.17, 15) is 9.59 Å². The van der Waals surface area contributed by atoms with Crippen LogP contribution in [-0.2, 0) is 14.3 Å². The van der Waals surface area contributed by atoms with Gasteiger partial charge in [0.1, 0.15) is 19.0 Å². The Morgan fingerprint density at radius 1 is 1.07 bits per heavy atom. The van der Waals surface area contributed by atoms with Gasteiger partial charge in [-0.15, -0.1) is 11.8 Å². The standard InChI is InChI=1S/C19H19NO6S/c1-23-14-3-5-15(6-4-14)27-12-19(22)26-11-18(21)20-13-2-7-16-17(10-13)25-9-8-24-16/h2-7,10H,8-9,11-12H2,1H3,(H,20,21). The molecule has 1 heterocycles. The number of hydrogen-bond acceptors (Lipinski definition) is 7. The molecule has 0 saturated carbocycles. The largest absolute Gasteiger partial charge is 0.497 e. The van der Waals surface area contributed by atoms with E-state index in [2.05, 4.69) is 5.32 Å². The number of benzene rings is 2. The first-order valence-electron chi connectivity index (χ1n) is 8.26. The number of nitrogens with one attached hydrogen (secondary N) is 1. The zero-order chi connectivity index (χ0) is 19.1. The van der Waals surface area contributed by atoms with Gasteiger partial charge in [-0.3, -0.25) is 9.59 Å². The maximum atomic E-state index is 11.9. The topological polar surface area (TPSA) is 83.1 Å². The second-order valence-electron chi connectivity index (χ2n) is 5.53. The van der Waals surface area contributed by atoms with Crippen molar-refractivity contribution in [2.45, 2.75) is 4.90 Å². The highest BCUT2D eigenvalue weighted by molar-refractivity contribution is 8.00. The number of rotatable bonds is 7. The van der Waals surface area contributed by atoms with Crippen LogP contribution in [-0.4, -0.2) is 44.6 Å². The van der Waals surface area contributed by atoms with Crippen LogP contribution in [0.4, 0.5) is 5.69 Å². The van der Waals surface area contributed by atoms with Crippen LogP contribution in [0.2, 0.25) is 0 Å². The summed E-state index contributed by atoms with van der Waals surface area (Å²) in [7, 11) is 1.59. The third-order valence-corrected chi connectivity index (χ3v) is 4.59. The van der Waals surface area contributed by atoms with E-state index in [0.29, 0.717) is 30.4 Å². The molecule has 2 aromatic carbocycles. The Hall–Kier alpha value is -2.87. The molecule has 2 aromatic rings. The molecular weight excluding hydrogens is 370 g/mol. The van der Waals surface area contributed by atoms with E-state index in [0.717, 1.165) is 10.6 Å². The molecule has 1 aliphatic heterocycles. The molecule has 0 radical (unpaired) electrons. The summed E-state index contributed by atoms with van der Waals surface area (Å²) in [5.74, 6) is 1.19. The first kappa shape index (κ1) is 18.9. The molecule has 27 heavy (non-hydrogen) atoms. The van der Waals surface area contributed by atoms with Crippen LogP contribution >= 0.6 is 11.8 Å². The lowest BCUT2D eigenvalue weighted by atomic mass is 10.2. The summed E-state index contributed by atoms with van der Waals surface area (Å²) < 4.78 is 21.0. The van der Waals surface area contributed by atoms with Crippen molar-refractivity contribution < 1.29 is 28.5 Å². The molecule has 0 spiro atoms. The zero-order valence-corrected chi connectivity index (χ0v) is 15.5. The SMILES string of the molecule is COc1ccc(SCC(=O)OCC(=O)Nc2ccc3c(c2)OCCO3)cc1. The number of ether oxygens (including phenoxy) is 4. The second-order valence-corrected chi connectivity index (χ2v) is 6.58. The first-order valence-corrected chi connectivity index (χ1v) is 9.24. The van der Waals surface area contributed by atoms with Crippen molar-refractivity contribution in [1.82, 2.24) is 0 Å². The van der Waals surface area contributed by atoms with Crippen molar-refractivity contribution in [2.75, 3.05) is 38.0 Å². The Morgan fingerprint density at radius 2 is 1.81 bits per heavy atom. The van der Waals surface area contributed by atoms with Crippen molar-refractivity contribution >= 4 is 29.3 Å². The molecule has 1 N–H and O–H groups in total. The van der Waals surface area contributed by atoms with Gasteiger partial charge >= 0.3 is 5.97 Å². The number of hydrogen-bond donors (Lipinski definition) is 1. The van der Waals surface area contributed by atoms with Gasteiger partial charge in [0.05, 0.1) is 12.9 Å². The van der Waals surface area contributed by atoms with Gasteiger partial charge in [-0.1, -0.05) is 0 Å². The minimum absolute atomic E-state index is 0.115. The summed E-state index contributed by atoms with van der Waals surface area (Å²) in [6.07, 6.45) is 0. The van der Waals surface area contributed by atoms with Crippen molar-refractivity contribution in [3.05, 3.63) is 42.5 Å². The molecule has 0 aliphatic carbocycles. The molecule has 0 fully saturated rings. The molecular formula is C19H19NO6S. The van der Waals surface area contributed by atoms with Gasteiger partial charge in [-0.25, -0.2) is 0 Å². The Bertz CT molecular complexity index is 808. The van der Waals surface area contributed by atoms with E-state index in [-0.39, 0.29) is 12.4 Å². The fourth-order valence-corrected chi connectivity index (χ4v) is 3.02. The molecule has 0 unspecified atom stereocenters. The van der Waals surface area contributed by atoms with Gasteiger partial charge < -0.3 is 24.3 Å². The number of amides is 1. The van der Waals surface area contributed by atoms with Gasteiger partial charge in [0.15, 0.2) is 18.1 Å². The lowest BCUT2D eigenvalue weighted by molar-refractivity contribution is -0.144. The number of thioether (sulfide) groups is 1. The quantitative estimate of drug-likeness (QED) is 0.576. The van der Waals surface area contributed by atoms with Crippen LogP contribution in [0, 0.1) is 0 Å². The minimum atomic E-state index is -0.465. The predicted molar refractivity (Wildman–Crippen MR) is 101 cm³/mol. The number of anilines is 1. The first-order chi connectivity index (χ1) is 13.1. The maximum Gasteiger partial charge on any atom is 0.316 e. The Kier molecular flexibility index (Phi) is 6.43. The smallest absolute Gasteiger partial charge is 0.316 e. The van der Waals surface area contributed by atoms with Crippen molar-refractivity contribution in [1.29, 1.82) is 0 Å². The third-order valence-electron chi connectivity index (χ3n) is 3.61. The number of carbonyl (C=O) groups excluding carboxylic acids is 2. The van der Waals surface area contributed by atoms with Crippen LogP contribution in [0.3, 0.4) is 0 Å². The Labute approximate surface area is 160 Å². The highest BCUT2D eigenvalue weighted by atomic mass is 32.2. The van der Waals surface area contributed by atoms with Gasteiger partial charge in [0.25, 0.3) is 5.91 Å². The maximum absolute atomic E-state index is 11.9. The molecule has 8 heteroatoms. The van der Waals surface area contributed by atoms with Gasteiger partial charge in [-0.2, -0.15) is 0 Å². The molecule has 7 nitrogen and oxygen atoms in total. The van der Waals surface area contributed by atoms with Gasteiger partial charge in [0.2, 0.25) is 0 Å². The molecule has 1 aliphatic rings. The minimum Gasteiger partial charge on any atom is -0.497 e. The van der Waals surface area contributed by atoms with Crippen LogP contribution in [0.1, 0.15) is 0 Å². The van der Waals surface area contributed by atoms with E-state index in [1.807, 2.05) is 24.3 Å². The van der Waals surface area contributed by atoms with Crippen LogP contribution in [0.5, 0.6) is 17.2 Å². The third kappa shape index (κ3) is 5.55. The molecule has 142 valence electrons. The fourth-order valence-electron chi connectivity index (χ4n) is 2.32. The highest BCUT2D eigenvalue weighted by Crippen LogP contribution is 2.32. The molecule has 0 atom stereocenters. The number of methoxy groups -OCH3 is 1. The Morgan fingerprint density at radius 3 is 2.56 bits per heavy atom. The monoisotopic (exact) mass is 389 g/mol. The summed E-state index contributed by atoms with van der Waals surface area (Å²) in [5, 5.41) is 2.66. The number of fused-ring (bicyclic) bond motifs is 1. The fraction of sp³-hybridized carbons (Fsp3) is 0.263. The molecule has 3 rings (SSSR count). The van der Waals surface area contributed by atoms with Crippen molar-refractivity contribution in [3.8, 4) is 17.2 Å². The van der Waals surface area contributed by atoms with E-state index >= 15 is 0 Å². The van der Waals surface area contributed by atoms with E-state index in [4.69, 9.17) is 18.9 Å². The second kappa shape index (κ2) is 9.18. The van der Waals surface area contributed by atoms with Crippen LogP contribution in [0.25, 0.3) is 0 Å². The average molecular weight is 389 g/mol. The summed E-state index contributed by atoms with van der Waals surface area (Å²) in [5.41, 5.74) is 0.549. The summed E-state index contributed by atoms with van der Waals surface area (Å²) in [6, 6.07) is 12.4. The van der Waals surface area contributed by atoms with Gasteiger partial charge in [-0.05, 0) is 36.4 Å². The molecule has 0 bridgehead atoms. The lowest BCUT2D eigenvalue weighted by Gasteiger charge is -2.19. The average Bonchev–Trinajstić information content (AvgIpc) is 2.71. The van der Waals surface area contributed by atoms with Crippen molar-refractivity contribution in [2.24, 2.45) is 0 Å².